The van der Waals surface area contributed by atoms with Crippen LogP contribution in [-0.2, 0) is 0 Å². The highest BCUT2D eigenvalue weighted by molar-refractivity contribution is 6.10. The van der Waals surface area contributed by atoms with E-state index < -0.39 is 6.79 Å². The van der Waals surface area contributed by atoms with Gasteiger partial charge in [-0.15, -0.1) is 0 Å². The fourth-order valence-corrected chi connectivity index (χ4v) is 1.71. The van der Waals surface area contributed by atoms with Crippen molar-refractivity contribution in [2.75, 3.05) is 6.79 Å². The third-order valence-electron chi connectivity index (χ3n) is 2.67. The second kappa shape index (κ2) is 5.47. The van der Waals surface area contributed by atoms with E-state index in [9.17, 15) is 4.79 Å². The molecule has 92 valence electrons. The number of rotatable bonds is 4. The molecular formula is C15H14O3. The van der Waals surface area contributed by atoms with E-state index in [0.29, 0.717) is 16.9 Å². The van der Waals surface area contributed by atoms with E-state index in [1.807, 2.05) is 19.1 Å². The first-order valence-corrected chi connectivity index (χ1v) is 5.66. The molecule has 0 unspecified atom stereocenters. The molecule has 0 atom stereocenters. The monoisotopic (exact) mass is 242 g/mol. The zero-order valence-electron chi connectivity index (χ0n) is 10.1. The van der Waals surface area contributed by atoms with E-state index >= 15 is 0 Å². The summed E-state index contributed by atoms with van der Waals surface area (Å²) in [5.74, 6) is 0.282. The lowest BCUT2D eigenvalue weighted by Gasteiger charge is -2.08. The zero-order chi connectivity index (χ0) is 13.0. The molecule has 0 aliphatic rings. The number of benzene rings is 2. The van der Waals surface area contributed by atoms with Gasteiger partial charge in [-0.2, -0.15) is 0 Å². The molecule has 0 saturated heterocycles. The number of aryl methyl sites for hydroxylation is 1. The minimum absolute atomic E-state index is 0.112. The van der Waals surface area contributed by atoms with Gasteiger partial charge < -0.3 is 9.84 Å². The Morgan fingerprint density at radius 3 is 2.44 bits per heavy atom. The Bertz CT molecular complexity index is 544. The first-order valence-electron chi connectivity index (χ1n) is 5.66. The molecule has 0 heterocycles. The van der Waals surface area contributed by atoms with Gasteiger partial charge in [0.05, 0.1) is 5.56 Å². The number of hydrogen-bond donors (Lipinski definition) is 1. The van der Waals surface area contributed by atoms with Gasteiger partial charge in [-0.05, 0) is 19.1 Å². The predicted octanol–water partition coefficient (Wildman–Crippen LogP) is 2.55. The molecule has 2 aromatic carbocycles. The largest absolute Gasteiger partial charge is 0.467 e. The van der Waals surface area contributed by atoms with E-state index in [2.05, 4.69) is 0 Å². The fraction of sp³-hybridized carbons (Fsp3) is 0.133. The Balaban J connectivity index is 2.36. The summed E-state index contributed by atoms with van der Waals surface area (Å²) in [4.78, 5) is 12.3. The number of aliphatic hydroxyl groups excluding tert-OH is 1. The first-order chi connectivity index (χ1) is 8.72. The van der Waals surface area contributed by atoms with Crippen LogP contribution < -0.4 is 4.74 Å². The molecule has 0 aliphatic heterocycles. The lowest BCUT2D eigenvalue weighted by atomic mass is 10.0. The quantitative estimate of drug-likeness (QED) is 0.662. The Morgan fingerprint density at radius 1 is 1.11 bits per heavy atom. The first kappa shape index (κ1) is 12.3. The Hall–Kier alpha value is -2.13. The van der Waals surface area contributed by atoms with Gasteiger partial charge in [-0.25, -0.2) is 0 Å². The SMILES string of the molecule is Cc1ccc(C(=O)c2ccccc2OCO)cc1. The molecule has 3 nitrogen and oxygen atoms in total. The van der Waals surface area contributed by atoms with Crippen molar-refractivity contribution < 1.29 is 14.6 Å². The second-order valence-electron chi connectivity index (χ2n) is 3.96. The molecular weight excluding hydrogens is 228 g/mol. The Morgan fingerprint density at radius 2 is 1.78 bits per heavy atom. The van der Waals surface area contributed by atoms with E-state index in [1.54, 1.807) is 36.4 Å². The lowest BCUT2D eigenvalue weighted by molar-refractivity contribution is 0.0936. The summed E-state index contributed by atoms with van der Waals surface area (Å²) < 4.78 is 5.04. The molecule has 2 rings (SSSR count). The Kier molecular flexibility index (Phi) is 3.75. The molecule has 0 fully saturated rings. The maximum Gasteiger partial charge on any atom is 0.196 e. The van der Waals surface area contributed by atoms with Crippen molar-refractivity contribution in [2.45, 2.75) is 6.92 Å². The van der Waals surface area contributed by atoms with Gasteiger partial charge in [0.15, 0.2) is 12.6 Å². The van der Waals surface area contributed by atoms with E-state index in [4.69, 9.17) is 9.84 Å². The van der Waals surface area contributed by atoms with Crippen molar-refractivity contribution in [1.82, 2.24) is 0 Å². The average molecular weight is 242 g/mol. The highest BCUT2D eigenvalue weighted by Crippen LogP contribution is 2.21. The number of ether oxygens (including phenoxy) is 1. The van der Waals surface area contributed by atoms with E-state index in [-0.39, 0.29) is 5.78 Å². The number of carbonyl (C=O) groups excluding carboxylic acids is 1. The Labute approximate surface area is 106 Å². The van der Waals surface area contributed by atoms with E-state index in [1.165, 1.54) is 0 Å². The molecule has 2 aromatic rings. The molecule has 3 heteroatoms. The van der Waals surface area contributed by atoms with Crippen LogP contribution in [0.15, 0.2) is 48.5 Å². The third-order valence-corrected chi connectivity index (χ3v) is 2.67. The number of hydrogen-bond acceptors (Lipinski definition) is 3. The van der Waals surface area contributed by atoms with Crippen molar-refractivity contribution >= 4 is 5.78 Å². The van der Waals surface area contributed by atoms with Crippen LogP contribution in [0.2, 0.25) is 0 Å². The van der Waals surface area contributed by atoms with Crippen LogP contribution >= 0.6 is 0 Å². The number of aliphatic hydroxyl groups is 1. The summed E-state index contributed by atoms with van der Waals surface area (Å²) >= 11 is 0. The lowest BCUT2D eigenvalue weighted by Crippen LogP contribution is -2.06. The zero-order valence-corrected chi connectivity index (χ0v) is 10.1. The van der Waals surface area contributed by atoms with Crippen molar-refractivity contribution in [3.8, 4) is 5.75 Å². The number of carbonyl (C=O) groups is 1. The number of ketones is 1. The smallest absolute Gasteiger partial charge is 0.196 e. The highest BCUT2D eigenvalue weighted by Gasteiger charge is 2.13. The molecule has 18 heavy (non-hydrogen) atoms. The summed E-state index contributed by atoms with van der Waals surface area (Å²) in [6.07, 6.45) is 0. The summed E-state index contributed by atoms with van der Waals surface area (Å²) in [5.41, 5.74) is 2.16. The molecule has 0 radical (unpaired) electrons. The summed E-state index contributed by atoms with van der Waals surface area (Å²) in [6.45, 7) is 1.52. The minimum atomic E-state index is -0.446. The van der Waals surface area contributed by atoms with Crippen LogP contribution in [0.3, 0.4) is 0 Å². The van der Waals surface area contributed by atoms with Crippen molar-refractivity contribution in [1.29, 1.82) is 0 Å². The molecule has 1 N–H and O–H groups in total. The molecule has 0 bridgehead atoms. The predicted molar refractivity (Wildman–Crippen MR) is 68.8 cm³/mol. The van der Waals surface area contributed by atoms with Gasteiger partial charge in [0.1, 0.15) is 5.75 Å². The van der Waals surface area contributed by atoms with Crippen LogP contribution in [0.1, 0.15) is 21.5 Å². The minimum Gasteiger partial charge on any atom is -0.467 e. The molecule has 0 amide bonds. The van der Waals surface area contributed by atoms with Gasteiger partial charge in [0.25, 0.3) is 0 Å². The maximum atomic E-state index is 12.3. The van der Waals surface area contributed by atoms with Gasteiger partial charge in [-0.3, -0.25) is 4.79 Å². The normalized spacial score (nSPS) is 10.1. The number of para-hydroxylation sites is 1. The van der Waals surface area contributed by atoms with Crippen molar-refractivity contribution in [3.05, 3.63) is 65.2 Å². The summed E-state index contributed by atoms with van der Waals surface area (Å²) in [6, 6.07) is 14.2. The van der Waals surface area contributed by atoms with Gasteiger partial charge in [0.2, 0.25) is 0 Å². The van der Waals surface area contributed by atoms with Crippen LogP contribution in [0, 0.1) is 6.92 Å². The highest BCUT2D eigenvalue weighted by atomic mass is 16.6. The van der Waals surface area contributed by atoms with Gasteiger partial charge in [-0.1, -0.05) is 42.0 Å². The third kappa shape index (κ3) is 2.57. The molecule has 0 aliphatic carbocycles. The molecule has 0 aromatic heterocycles. The summed E-state index contributed by atoms with van der Waals surface area (Å²) in [5, 5.41) is 8.80. The van der Waals surface area contributed by atoms with Crippen LogP contribution in [0.25, 0.3) is 0 Å². The maximum absolute atomic E-state index is 12.3. The van der Waals surface area contributed by atoms with Crippen molar-refractivity contribution in [3.63, 3.8) is 0 Å². The van der Waals surface area contributed by atoms with Crippen LogP contribution in [0.4, 0.5) is 0 Å². The standard InChI is InChI=1S/C15H14O3/c1-11-6-8-12(9-7-11)15(17)13-4-2-3-5-14(13)18-10-16/h2-9,16H,10H2,1H3. The van der Waals surface area contributed by atoms with E-state index in [0.717, 1.165) is 5.56 Å². The topological polar surface area (TPSA) is 46.5 Å². The van der Waals surface area contributed by atoms with Crippen LogP contribution in [0.5, 0.6) is 5.75 Å². The molecule has 0 saturated carbocycles. The van der Waals surface area contributed by atoms with Gasteiger partial charge in [0, 0.05) is 5.56 Å². The van der Waals surface area contributed by atoms with Gasteiger partial charge >= 0.3 is 0 Å². The average Bonchev–Trinajstić information content (AvgIpc) is 2.40. The van der Waals surface area contributed by atoms with Crippen LogP contribution in [-0.4, -0.2) is 17.7 Å². The summed E-state index contributed by atoms with van der Waals surface area (Å²) in [7, 11) is 0. The second-order valence-corrected chi connectivity index (χ2v) is 3.96. The van der Waals surface area contributed by atoms with Crippen molar-refractivity contribution in [2.24, 2.45) is 0 Å². The molecule has 0 spiro atoms. The fourth-order valence-electron chi connectivity index (χ4n) is 1.71.